The van der Waals surface area contributed by atoms with Crippen molar-refractivity contribution in [1.29, 1.82) is 5.26 Å². The van der Waals surface area contributed by atoms with Gasteiger partial charge in [0.05, 0.1) is 17.7 Å². The predicted molar refractivity (Wildman–Crippen MR) is 80.7 cm³/mol. The lowest BCUT2D eigenvalue weighted by molar-refractivity contribution is -0.117. The Labute approximate surface area is 121 Å². The monoisotopic (exact) mass is 270 g/mol. The molecule has 0 bridgehead atoms. The van der Waals surface area contributed by atoms with E-state index in [-0.39, 0.29) is 11.8 Å². The average Bonchev–Trinajstić information content (AvgIpc) is 2.78. The summed E-state index contributed by atoms with van der Waals surface area (Å²) in [5, 5.41) is 9.08. The summed E-state index contributed by atoms with van der Waals surface area (Å²) in [6.07, 6.45) is 0.348. The first-order valence-electron chi connectivity index (χ1n) is 7.28. The quantitative estimate of drug-likeness (QED) is 0.838. The van der Waals surface area contributed by atoms with Crippen LogP contribution < -0.4 is 4.90 Å². The van der Waals surface area contributed by atoms with Crippen LogP contribution in [-0.4, -0.2) is 12.5 Å². The highest BCUT2D eigenvalue weighted by Crippen LogP contribution is 2.38. The summed E-state index contributed by atoms with van der Waals surface area (Å²) >= 11 is 0. The molecule has 1 saturated heterocycles. The second kappa shape index (κ2) is 5.66. The fourth-order valence-electron chi connectivity index (χ4n) is 2.83. The van der Waals surface area contributed by atoms with Crippen molar-refractivity contribution in [3.05, 3.63) is 29.3 Å². The molecule has 1 aliphatic rings. The van der Waals surface area contributed by atoms with Crippen LogP contribution in [0.5, 0.6) is 0 Å². The Hall–Kier alpha value is -1.82. The van der Waals surface area contributed by atoms with Crippen LogP contribution in [0.4, 0.5) is 5.69 Å². The van der Waals surface area contributed by atoms with E-state index in [4.69, 9.17) is 5.26 Å². The Morgan fingerprint density at radius 3 is 2.15 bits per heavy atom. The maximum atomic E-state index is 12.3. The number of hydrogen-bond donors (Lipinski definition) is 0. The van der Waals surface area contributed by atoms with Gasteiger partial charge < -0.3 is 4.90 Å². The van der Waals surface area contributed by atoms with Gasteiger partial charge in [-0.3, -0.25) is 4.79 Å². The van der Waals surface area contributed by atoms with E-state index in [2.05, 4.69) is 52.0 Å². The highest BCUT2D eigenvalue weighted by atomic mass is 16.2. The Balaban J connectivity index is 2.54. The molecule has 1 aliphatic heterocycles. The molecule has 0 spiro atoms. The summed E-state index contributed by atoms with van der Waals surface area (Å²) in [5.41, 5.74) is 3.44. The van der Waals surface area contributed by atoms with E-state index in [0.717, 1.165) is 5.69 Å². The second-order valence-electron chi connectivity index (χ2n) is 6.13. The number of nitriles is 1. The third-order valence-corrected chi connectivity index (χ3v) is 3.92. The van der Waals surface area contributed by atoms with Crippen LogP contribution in [0, 0.1) is 17.2 Å². The zero-order valence-corrected chi connectivity index (χ0v) is 12.7. The van der Waals surface area contributed by atoms with Crippen LogP contribution in [0.3, 0.4) is 0 Å². The summed E-state index contributed by atoms with van der Waals surface area (Å²) in [6, 6.07) is 8.49. The van der Waals surface area contributed by atoms with Gasteiger partial charge in [-0.25, -0.2) is 0 Å². The number of nitrogens with zero attached hydrogens (tertiary/aromatic N) is 2. The van der Waals surface area contributed by atoms with Crippen molar-refractivity contribution in [2.45, 2.75) is 46.0 Å². The Bertz CT molecular complexity index is 528. The fraction of sp³-hybridized carbons (Fsp3) is 0.529. The van der Waals surface area contributed by atoms with Crippen LogP contribution in [0.25, 0.3) is 0 Å². The van der Waals surface area contributed by atoms with Crippen molar-refractivity contribution < 1.29 is 4.79 Å². The average molecular weight is 270 g/mol. The van der Waals surface area contributed by atoms with Crippen LogP contribution in [-0.2, 0) is 4.79 Å². The van der Waals surface area contributed by atoms with Crippen molar-refractivity contribution in [2.75, 3.05) is 11.4 Å². The molecule has 1 fully saturated rings. The number of rotatable bonds is 3. The number of carbonyl (C=O) groups excluding carboxylic acids is 1. The topological polar surface area (TPSA) is 44.1 Å². The molecule has 1 unspecified atom stereocenters. The minimum absolute atomic E-state index is 0.0755. The smallest absolute Gasteiger partial charge is 0.228 e. The first-order chi connectivity index (χ1) is 9.45. The summed E-state index contributed by atoms with van der Waals surface area (Å²) < 4.78 is 0. The van der Waals surface area contributed by atoms with Gasteiger partial charge >= 0.3 is 0 Å². The van der Waals surface area contributed by atoms with Crippen LogP contribution in [0.15, 0.2) is 18.2 Å². The van der Waals surface area contributed by atoms with Gasteiger partial charge in [-0.15, -0.1) is 0 Å². The Morgan fingerprint density at radius 1 is 1.20 bits per heavy atom. The van der Waals surface area contributed by atoms with E-state index in [1.165, 1.54) is 11.1 Å². The van der Waals surface area contributed by atoms with Gasteiger partial charge in [-0.05, 0) is 23.0 Å². The molecule has 20 heavy (non-hydrogen) atoms. The van der Waals surface area contributed by atoms with E-state index in [1.807, 2.05) is 4.90 Å². The molecule has 0 radical (unpaired) electrons. The lowest BCUT2D eigenvalue weighted by Crippen LogP contribution is -2.27. The highest BCUT2D eigenvalue weighted by molar-refractivity contribution is 5.97. The normalized spacial score (nSPS) is 18.9. The third kappa shape index (κ3) is 2.56. The van der Waals surface area contributed by atoms with Crippen LogP contribution in [0.1, 0.15) is 57.1 Å². The molecule has 0 saturated carbocycles. The third-order valence-electron chi connectivity index (χ3n) is 3.92. The minimum atomic E-state index is -0.178. The van der Waals surface area contributed by atoms with Gasteiger partial charge in [0.25, 0.3) is 0 Å². The molecule has 1 aromatic rings. The Morgan fingerprint density at radius 2 is 1.75 bits per heavy atom. The fourth-order valence-corrected chi connectivity index (χ4v) is 2.83. The van der Waals surface area contributed by atoms with E-state index in [1.54, 1.807) is 0 Å². The zero-order valence-electron chi connectivity index (χ0n) is 12.7. The molecule has 3 heteroatoms. The van der Waals surface area contributed by atoms with Gasteiger partial charge in [0.15, 0.2) is 0 Å². The summed E-state index contributed by atoms with van der Waals surface area (Å²) in [6.45, 7) is 9.10. The first kappa shape index (κ1) is 14.6. The SMILES string of the molecule is CC(C)c1cccc(C(C)C)c1N1CC(C#N)CC1=O. The van der Waals surface area contributed by atoms with Gasteiger partial charge in [-0.2, -0.15) is 5.26 Å². The number of hydrogen-bond acceptors (Lipinski definition) is 2. The molecule has 1 aromatic carbocycles. The van der Waals surface area contributed by atoms with Crippen molar-refractivity contribution in [1.82, 2.24) is 0 Å². The van der Waals surface area contributed by atoms with E-state index in [9.17, 15) is 4.79 Å². The van der Waals surface area contributed by atoms with E-state index < -0.39 is 0 Å². The lowest BCUT2D eigenvalue weighted by atomic mass is 9.92. The summed E-state index contributed by atoms with van der Waals surface area (Å²) in [7, 11) is 0. The number of amides is 1. The van der Waals surface area contributed by atoms with E-state index in [0.29, 0.717) is 24.8 Å². The van der Waals surface area contributed by atoms with Crippen molar-refractivity contribution >= 4 is 11.6 Å². The largest absolute Gasteiger partial charge is 0.310 e. The van der Waals surface area contributed by atoms with E-state index >= 15 is 0 Å². The van der Waals surface area contributed by atoms with Gasteiger partial charge in [-0.1, -0.05) is 45.9 Å². The van der Waals surface area contributed by atoms with Gasteiger partial charge in [0.2, 0.25) is 5.91 Å². The number of benzene rings is 1. The predicted octanol–water partition coefficient (Wildman–Crippen LogP) is 3.81. The molecule has 0 aliphatic carbocycles. The summed E-state index contributed by atoms with van der Waals surface area (Å²) in [5.74, 6) is 0.615. The highest BCUT2D eigenvalue weighted by Gasteiger charge is 2.33. The maximum Gasteiger partial charge on any atom is 0.228 e. The molecular formula is C17H22N2O. The standard InChI is InChI=1S/C17H22N2O/c1-11(2)14-6-5-7-15(12(3)4)17(14)19-10-13(9-18)8-16(19)20/h5-7,11-13H,8,10H2,1-4H3. The number of para-hydroxylation sites is 1. The summed E-state index contributed by atoms with van der Waals surface area (Å²) in [4.78, 5) is 14.1. The minimum Gasteiger partial charge on any atom is -0.310 e. The molecule has 2 rings (SSSR count). The van der Waals surface area contributed by atoms with Crippen LogP contribution >= 0.6 is 0 Å². The number of anilines is 1. The van der Waals surface area contributed by atoms with Crippen molar-refractivity contribution in [3.8, 4) is 6.07 Å². The molecule has 1 amide bonds. The molecule has 1 heterocycles. The molecular weight excluding hydrogens is 248 g/mol. The van der Waals surface area contributed by atoms with Crippen molar-refractivity contribution in [2.24, 2.45) is 5.92 Å². The number of carbonyl (C=O) groups is 1. The molecule has 0 aromatic heterocycles. The maximum absolute atomic E-state index is 12.3. The zero-order chi connectivity index (χ0) is 14.9. The Kier molecular flexibility index (Phi) is 4.13. The molecule has 3 nitrogen and oxygen atoms in total. The lowest BCUT2D eigenvalue weighted by Gasteiger charge is -2.26. The van der Waals surface area contributed by atoms with Crippen molar-refractivity contribution in [3.63, 3.8) is 0 Å². The second-order valence-corrected chi connectivity index (χ2v) is 6.13. The van der Waals surface area contributed by atoms with Crippen LogP contribution in [0.2, 0.25) is 0 Å². The van der Waals surface area contributed by atoms with Gasteiger partial charge in [0, 0.05) is 13.0 Å². The molecule has 1 atom stereocenters. The first-order valence-corrected chi connectivity index (χ1v) is 7.28. The van der Waals surface area contributed by atoms with Gasteiger partial charge in [0.1, 0.15) is 0 Å². The molecule has 106 valence electrons. The molecule has 0 N–H and O–H groups in total.